The van der Waals surface area contributed by atoms with Crippen LogP contribution in [0.5, 0.6) is 5.75 Å². The van der Waals surface area contributed by atoms with Gasteiger partial charge in [-0.3, -0.25) is 5.32 Å². The lowest BCUT2D eigenvalue weighted by atomic mass is 10.2. The summed E-state index contributed by atoms with van der Waals surface area (Å²) in [5, 5.41) is 8.84. The molecule has 1 aliphatic rings. The summed E-state index contributed by atoms with van der Waals surface area (Å²) in [5.74, 6) is 1.31. The number of amides is 2. The van der Waals surface area contributed by atoms with E-state index < -0.39 is 0 Å². The first-order valence-electron chi connectivity index (χ1n) is 7.77. The van der Waals surface area contributed by atoms with Crippen molar-refractivity contribution in [1.29, 1.82) is 0 Å². The molecule has 3 N–H and O–H groups in total. The number of nitrogens with one attached hydrogen (secondary N) is 3. The third kappa shape index (κ3) is 4.35. The highest BCUT2D eigenvalue weighted by Crippen LogP contribution is 2.27. The van der Waals surface area contributed by atoms with Gasteiger partial charge < -0.3 is 15.4 Å². The van der Waals surface area contributed by atoms with Gasteiger partial charge in [0.1, 0.15) is 11.6 Å². The lowest BCUT2D eigenvalue weighted by Crippen LogP contribution is -2.30. The number of rotatable bonds is 6. The maximum atomic E-state index is 11.7. The van der Waals surface area contributed by atoms with Crippen molar-refractivity contribution in [3.05, 3.63) is 42.6 Å². The van der Waals surface area contributed by atoms with E-state index in [1.165, 1.54) is 0 Å². The van der Waals surface area contributed by atoms with Gasteiger partial charge in [0.05, 0.1) is 24.2 Å². The Morgan fingerprint density at radius 1 is 1.26 bits per heavy atom. The number of aromatic nitrogens is 1. The molecule has 6 heteroatoms. The lowest BCUT2D eigenvalue weighted by Gasteiger charge is -2.12. The Bertz CT molecular complexity index is 669. The highest BCUT2D eigenvalue weighted by atomic mass is 16.5. The monoisotopic (exact) mass is 312 g/mol. The first-order valence-corrected chi connectivity index (χ1v) is 7.77. The van der Waals surface area contributed by atoms with E-state index in [4.69, 9.17) is 4.74 Å². The number of urea groups is 1. The van der Waals surface area contributed by atoms with E-state index in [0.717, 1.165) is 30.0 Å². The molecule has 0 aliphatic heterocycles. The predicted molar refractivity (Wildman–Crippen MR) is 90.3 cm³/mol. The second kappa shape index (κ2) is 7.00. The van der Waals surface area contributed by atoms with Crippen molar-refractivity contribution < 1.29 is 9.53 Å². The zero-order chi connectivity index (χ0) is 16.1. The summed E-state index contributed by atoms with van der Waals surface area (Å²) in [6.07, 6.45) is 3.79. The molecule has 2 amide bonds. The van der Waals surface area contributed by atoms with Gasteiger partial charge >= 0.3 is 6.03 Å². The molecule has 0 spiro atoms. The molecule has 23 heavy (non-hydrogen) atoms. The summed E-state index contributed by atoms with van der Waals surface area (Å²) < 4.78 is 5.58. The van der Waals surface area contributed by atoms with E-state index in [2.05, 4.69) is 20.9 Å². The van der Waals surface area contributed by atoms with E-state index in [1.807, 2.05) is 37.3 Å². The molecular weight excluding hydrogens is 292 g/mol. The number of hydrogen-bond donors (Lipinski definition) is 3. The first-order chi connectivity index (χ1) is 11.2. The molecule has 1 fully saturated rings. The van der Waals surface area contributed by atoms with Gasteiger partial charge in [-0.05, 0) is 44.0 Å². The molecule has 0 bridgehead atoms. The Labute approximate surface area is 135 Å². The predicted octanol–water partition coefficient (Wildman–Crippen LogP) is 3.51. The topological polar surface area (TPSA) is 75.3 Å². The number of carbonyl (C=O) groups excluding carboxylic acids is 1. The highest BCUT2D eigenvalue weighted by molar-refractivity contribution is 5.88. The van der Waals surface area contributed by atoms with Crippen LogP contribution in [0.2, 0.25) is 0 Å². The van der Waals surface area contributed by atoms with Gasteiger partial charge in [-0.25, -0.2) is 9.78 Å². The second-order valence-electron chi connectivity index (χ2n) is 5.36. The SMILES string of the molecule is CCOc1ccccc1Nc1ccc(NC(=O)NC2CC2)nc1. The summed E-state index contributed by atoms with van der Waals surface area (Å²) in [7, 11) is 0. The van der Waals surface area contributed by atoms with Crippen LogP contribution in [0.15, 0.2) is 42.6 Å². The van der Waals surface area contributed by atoms with Crippen LogP contribution in [-0.4, -0.2) is 23.7 Å². The standard InChI is InChI=1S/C17H20N4O2/c1-2-23-15-6-4-3-5-14(15)19-13-9-10-16(18-11-13)21-17(22)20-12-7-8-12/h3-6,9-12,19H,2,7-8H2,1H3,(H2,18,20,21,22). The van der Waals surface area contributed by atoms with Crippen LogP contribution in [0.4, 0.5) is 22.0 Å². The van der Waals surface area contributed by atoms with Gasteiger partial charge in [0, 0.05) is 6.04 Å². The van der Waals surface area contributed by atoms with Gasteiger partial charge in [-0.2, -0.15) is 0 Å². The van der Waals surface area contributed by atoms with Crippen LogP contribution in [0.25, 0.3) is 0 Å². The molecule has 1 aromatic heterocycles. The zero-order valence-electron chi connectivity index (χ0n) is 13.0. The fraction of sp³-hybridized carbons (Fsp3) is 0.294. The van der Waals surface area contributed by atoms with E-state index in [-0.39, 0.29) is 6.03 Å². The Hall–Kier alpha value is -2.76. The quantitative estimate of drug-likeness (QED) is 0.763. The fourth-order valence-electron chi connectivity index (χ4n) is 2.11. The average Bonchev–Trinajstić information content (AvgIpc) is 3.35. The summed E-state index contributed by atoms with van der Waals surface area (Å²) in [4.78, 5) is 15.9. The van der Waals surface area contributed by atoms with Gasteiger partial charge in [0.2, 0.25) is 0 Å². The molecule has 1 saturated carbocycles. The highest BCUT2D eigenvalue weighted by Gasteiger charge is 2.23. The summed E-state index contributed by atoms with van der Waals surface area (Å²) in [6.45, 7) is 2.56. The maximum Gasteiger partial charge on any atom is 0.320 e. The number of benzene rings is 1. The van der Waals surface area contributed by atoms with E-state index >= 15 is 0 Å². The molecule has 6 nitrogen and oxygen atoms in total. The minimum absolute atomic E-state index is 0.206. The number of pyridine rings is 1. The summed E-state index contributed by atoms with van der Waals surface area (Å²) in [6, 6.07) is 11.5. The van der Waals surface area contributed by atoms with Crippen molar-refractivity contribution in [3.63, 3.8) is 0 Å². The molecule has 1 heterocycles. The van der Waals surface area contributed by atoms with Crippen molar-refractivity contribution in [2.75, 3.05) is 17.2 Å². The third-order valence-corrected chi connectivity index (χ3v) is 3.38. The van der Waals surface area contributed by atoms with Crippen LogP contribution < -0.4 is 20.7 Å². The van der Waals surface area contributed by atoms with Gasteiger partial charge in [0.25, 0.3) is 0 Å². The summed E-state index contributed by atoms with van der Waals surface area (Å²) in [5.41, 5.74) is 1.70. The normalized spacial score (nSPS) is 13.3. The second-order valence-corrected chi connectivity index (χ2v) is 5.36. The number of anilines is 3. The van der Waals surface area contributed by atoms with Crippen LogP contribution in [-0.2, 0) is 0 Å². The molecule has 0 saturated heterocycles. The average molecular weight is 312 g/mol. The van der Waals surface area contributed by atoms with E-state index in [0.29, 0.717) is 18.5 Å². The largest absolute Gasteiger partial charge is 0.492 e. The molecule has 1 aromatic carbocycles. The minimum atomic E-state index is -0.206. The minimum Gasteiger partial charge on any atom is -0.492 e. The van der Waals surface area contributed by atoms with Crippen molar-refractivity contribution in [1.82, 2.24) is 10.3 Å². The number of nitrogens with zero attached hydrogens (tertiary/aromatic N) is 1. The van der Waals surface area contributed by atoms with Gasteiger partial charge in [-0.1, -0.05) is 12.1 Å². The molecule has 3 rings (SSSR count). The van der Waals surface area contributed by atoms with Crippen molar-refractivity contribution in [3.8, 4) is 5.75 Å². The Morgan fingerprint density at radius 3 is 2.78 bits per heavy atom. The molecule has 120 valence electrons. The lowest BCUT2D eigenvalue weighted by molar-refractivity contribution is 0.251. The Morgan fingerprint density at radius 2 is 2.09 bits per heavy atom. The zero-order valence-corrected chi connectivity index (χ0v) is 13.0. The van der Waals surface area contributed by atoms with Crippen LogP contribution in [0, 0.1) is 0 Å². The molecule has 0 radical (unpaired) electrons. The smallest absolute Gasteiger partial charge is 0.320 e. The number of ether oxygens (including phenoxy) is 1. The molecule has 0 unspecified atom stereocenters. The van der Waals surface area contributed by atoms with Gasteiger partial charge in [0.15, 0.2) is 0 Å². The molecule has 0 atom stereocenters. The van der Waals surface area contributed by atoms with E-state index in [1.54, 1.807) is 12.3 Å². The maximum absolute atomic E-state index is 11.7. The molecule has 2 aromatic rings. The van der Waals surface area contributed by atoms with E-state index in [9.17, 15) is 4.79 Å². The Balaban J connectivity index is 1.61. The first kappa shape index (κ1) is 15.1. The van der Waals surface area contributed by atoms with Crippen molar-refractivity contribution in [2.45, 2.75) is 25.8 Å². The number of para-hydroxylation sites is 2. The van der Waals surface area contributed by atoms with Crippen LogP contribution in [0.3, 0.4) is 0 Å². The van der Waals surface area contributed by atoms with Crippen molar-refractivity contribution >= 4 is 23.2 Å². The van der Waals surface area contributed by atoms with Crippen LogP contribution >= 0.6 is 0 Å². The van der Waals surface area contributed by atoms with Crippen LogP contribution in [0.1, 0.15) is 19.8 Å². The summed E-state index contributed by atoms with van der Waals surface area (Å²) >= 11 is 0. The molecule has 1 aliphatic carbocycles. The number of carbonyl (C=O) groups is 1. The third-order valence-electron chi connectivity index (χ3n) is 3.38. The Kier molecular flexibility index (Phi) is 4.61. The van der Waals surface area contributed by atoms with Gasteiger partial charge in [-0.15, -0.1) is 0 Å². The fourth-order valence-corrected chi connectivity index (χ4v) is 2.11. The number of hydrogen-bond acceptors (Lipinski definition) is 4. The molecular formula is C17H20N4O2. The van der Waals surface area contributed by atoms with Crippen molar-refractivity contribution in [2.24, 2.45) is 0 Å².